The van der Waals surface area contributed by atoms with Crippen molar-refractivity contribution in [1.82, 2.24) is 0 Å². The number of carbonyl (C=O) groups excluding carboxylic acids is 1. The third kappa shape index (κ3) is 6.88. The summed E-state index contributed by atoms with van der Waals surface area (Å²) in [7, 11) is 0. The quantitative estimate of drug-likeness (QED) is 0.210. The minimum Gasteiger partial charge on any atom is -0.460 e. The number of esters is 1. The van der Waals surface area contributed by atoms with Crippen LogP contribution in [0.2, 0.25) is 0 Å². The Morgan fingerprint density at radius 3 is 2.61 bits per heavy atom. The van der Waals surface area contributed by atoms with Gasteiger partial charge in [0, 0.05) is 10.7 Å². The van der Waals surface area contributed by atoms with Gasteiger partial charge >= 0.3 is 5.97 Å². The van der Waals surface area contributed by atoms with Crippen molar-refractivity contribution in [2.24, 2.45) is 0 Å². The predicted molar refractivity (Wildman–Crippen MR) is 112 cm³/mol. The monoisotopic (exact) mass is 658 g/mol. The van der Waals surface area contributed by atoms with Crippen LogP contribution < -0.4 is 4.90 Å². The number of morpholine rings is 1. The number of halogens is 3. The van der Waals surface area contributed by atoms with E-state index in [-0.39, 0.29) is 12.6 Å². The van der Waals surface area contributed by atoms with Crippen LogP contribution in [-0.4, -0.2) is 58.6 Å². The summed E-state index contributed by atoms with van der Waals surface area (Å²) in [6, 6.07) is 3.90. The highest BCUT2D eigenvalue weighted by Crippen LogP contribution is 2.23. The standard InChI is InChI=1S/C15H18I3NO4/c16-11-9-12(14(18)13(17)10-11)15(20)23-8-7-22-6-3-19-1-4-21-5-2-19/h9-10H,1-8H2/p+1. The van der Waals surface area contributed by atoms with E-state index in [4.69, 9.17) is 14.2 Å². The predicted octanol–water partition coefficient (Wildman–Crippen LogP) is 1.59. The molecule has 23 heavy (non-hydrogen) atoms. The summed E-state index contributed by atoms with van der Waals surface area (Å²) in [5.41, 5.74) is 0.625. The minimum atomic E-state index is -0.284. The third-order valence-electron chi connectivity index (χ3n) is 3.47. The number of rotatable bonds is 7. The highest BCUT2D eigenvalue weighted by atomic mass is 127. The maximum Gasteiger partial charge on any atom is 0.339 e. The highest BCUT2D eigenvalue weighted by Gasteiger charge is 2.15. The van der Waals surface area contributed by atoms with Gasteiger partial charge in [-0.2, -0.15) is 0 Å². The van der Waals surface area contributed by atoms with Gasteiger partial charge in [-0.3, -0.25) is 0 Å². The van der Waals surface area contributed by atoms with Crippen molar-refractivity contribution in [1.29, 1.82) is 0 Å². The van der Waals surface area contributed by atoms with Gasteiger partial charge in [0.1, 0.15) is 26.2 Å². The number of ether oxygens (including phenoxy) is 3. The number of quaternary nitrogens is 1. The van der Waals surface area contributed by atoms with Crippen molar-refractivity contribution in [2.75, 3.05) is 52.7 Å². The van der Waals surface area contributed by atoms with E-state index in [0.29, 0.717) is 18.8 Å². The molecule has 0 amide bonds. The van der Waals surface area contributed by atoms with Crippen LogP contribution in [-0.2, 0) is 14.2 Å². The molecule has 1 aromatic carbocycles. The molecule has 0 radical (unpaired) electrons. The van der Waals surface area contributed by atoms with Gasteiger partial charge in [0.15, 0.2) is 0 Å². The lowest BCUT2D eigenvalue weighted by Crippen LogP contribution is -3.14. The fourth-order valence-corrected chi connectivity index (χ4v) is 4.58. The first-order chi connectivity index (χ1) is 11.1. The number of benzene rings is 1. The summed E-state index contributed by atoms with van der Waals surface area (Å²) >= 11 is 6.62. The smallest absolute Gasteiger partial charge is 0.339 e. The molecule has 0 aromatic heterocycles. The van der Waals surface area contributed by atoms with E-state index in [1.54, 1.807) is 0 Å². The maximum absolute atomic E-state index is 12.1. The summed E-state index contributed by atoms with van der Waals surface area (Å²) in [4.78, 5) is 13.7. The number of carbonyl (C=O) groups is 1. The zero-order chi connectivity index (χ0) is 16.7. The van der Waals surface area contributed by atoms with Crippen LogP contribution in [0.1, 0.15) is 10.4 Å². The largest absolute Gasteiger partial charge is 0.460 e. The lowest BCUT2D eigenvalue weighted by Gasteiger charge is -2.23. The van der Waals surface area contributed by atoms with Crippen molar-refractivity contribution in [3.63, 3.8) is 0 Å². The van der Waals surface area contributed by atoms with Crippen molar-refractivity contribution < 1.29 is 23.9 Å². The molecule has 1 aliphatic heterocycles. The van der Waals surface area contributed by atoms with E-state index in [1.165, 1.54) is 4.90 Å². The van der Waals surface area contributed by atoms with E-state index >= 15 is 0 Å². The highest BCUT2D eigenvalue weighted by molar-refractivity contribution is 14.1. The summed E-state index contributed by atoms with van der Waals surface area (Å²) in [5.74, 6) is -0.284. The first-order valence-electron chi connectivity index (χ1n) is 7.38. The fourth-order valence-electron chi connectivity index (χ4n) is 2.20. The number of hydrogen-bond acceptors (Lipinski definition) is 4. The van der Waals surface area contributed by atoms with Crippen LogP contribution in [0.3, 0.4) is 0 Å². The second kappa shape index (κ2) is 10.7. The first-order valence-corrected chi connectivity index (χ1v) is 10.6. The lowest BCUT2D eigenvalue weighted by atomic mass is 10.2. The van der Waals surface area contributed by atoms with Crippen LogP contribution in [0.25, 0.3) is 0 Å². The second-order valence-electron chi connectivity index (χ2n) is 5.11. The van der Waals surface area contributed by atoms with Gasteiger partial charge in [-0.1, -0.05) is 0 Å². The van der Waals surface area contributed by atoms with E-state index in [9.17, 15) is 4.79 Å². The number of nitrogens with one attached hydrogen (secondary N) is 1. The Balaban J connectivity index is 1.65. The molecule has 1 heterocycles. The van der Waals surface area contributed by atoms with Crippen molar-refractivity contribution >= 4 is 73.7 Å². The third-order valence-corrected chi connectivity index (χ3v) is 7.14. The van der Waals surface area contributed by atoms with E-state index in [1.807, 2.05) is 12.1 Å². The van der Waals surface area contributed by atoms with Gasteiger partial charge in [-0.25, -0.2) is 4.79 Å². The van der Waals surface area contributed by atoms with E-state index in [0.717, 1.165) is 43.6 Å². The minimum absolute atomic E-state index is 0.284. The second-order valence-corrected chi connectivity index (χ2v) is 8.60. The van der Waals surface area contributed by atoms with Crippen LogP contribution in [0.4, 0.5) is 0 Å². The Labute approximate surface area is 177 Å². The molecule has 2 rings (SSSR count). The average Bonchev–Trinajstić information content (AvgIpc) is 2.55. The molecule has 1 aliphatic rings. The molecule has 5 nitrogen and oxygen atoms in total. The van der Waals surface area contributed by atoms with Crippen LogP contribution in [0.5, 0.6) is 0 Å². The molecule has 0 saturated carbocycles. The molecule has 0 bridgehead atoms. The molecule has 1 saturated heterocycles. The molecule has 8 heteroatoms. The zero-order valence-corrected chi connectivity index (χ0v) is 19.1. The van der Waals surface area contributed by atoms with Gasteiger partial charge < -0.3 is 19.1 Å². The Kier molecular flexibility index (Phi) is 9.33. The molecule has 128 valence electrons. The molecular weight excluding hydrogens is 639 g/mol. The van der Waals surface area contributed by atoms with Crippen LogP contribution >= 0.6 is 67.8 Å². The summed E-state index contributed by atoms with van der Waals surface area (Å²) in [6.07, 6.45) is 0. The van der Waals surface area contributed by atoms with Crippen molar-refractivity contribution in [3.8, 4) is 0 Å². The Morgan fingerprint density at radius 2 is 1.87 bits per heavy atom. The van der Waals surface area contributed by atoms with E-state index in [2.05, 4.69) is 67.8 Å². The fraction of sp³-hybridized carbons (Fsp3) is 0.533. The summed E-state index contributed by atoms with van der Waals surface area (Å²) in [6.45, 7) is 6.14. The van der Waals surface area contributed by atoms with Crippen LogP contribution in [0.15, 0.2) is 12.1 Å². The normalized spacial score (nSPS) is 15.6. The molecule has 0 spiro atoms. The molecule has 1 N–H and O–H groups in total. The Bertz CT molecular complexity index is 536. The van der Waals surface area contributed by atoms with Gasteiger partial charge in [-0.15, -0.1) is 0 Å². The molecule has 0 unspecified atom stereocenters. The SMILES string of the molecule is O=C(OCCOCC[NH+]1CCOCC1)c1cc(I)cc(I)c1I. The molecule has 1 aromatic rings. The molecule has 1 fully saturated rings. The zero-order valence-electron chi connectivity index (χ0n) is 12.6. The van der Waals surface area contributed by atoms with Crippen molar-refractivity contribution in [2.45, 2.75) is 0 Å². The van der Waals surface area contributed by atoms with Crippen molar-refractivity contribution in [3.05, 3.63) is 28.4 Å². The van der Waals surface area contributed by atoms with Gasteiger partial charge in [0.25, 0.3) is 0 Å². The van der Waals surface area contributed by atoms with Gasteiger partial charge in [-0.05, 0) is 79.9 Å². The average molecular weight is 658 g/mol. The Morgan fingerprint density at radius 1 is 1.13 bits per heavy atom. The summed E-state index contributed by atoms with van der Waals surface area (Å²) in [5, 5.41) is 0. The van der Waals surface area contributed by atoms with Gasteiger partial charge in [0.05, 0.1) is 32.0 Å². The molecule has 0 aliphatic carbocycles. The molecular formula is C15H19I3NO4+. The maximum atomic E-state index is 12.1. The van der Waals surface area contributed by atoms with Crippen LogP contribution in [0, 0.1) is 10.7 Å². The molecule has 0 atom stereocenters. The topological polar surface area (TPSA) is 49.2 Å². The number of hydrogen-bond donors (Lipinski definition) is 1. The lowest BCUT2D eigenvalue weighted by molar-refractivity contribution is -0.908. The Hall–Kier alpha value is 0.760. The summed E-state index contributed by atoms with van der Waals surface area (Å²) < 4.78 is 19.2. The van der Waals surface area contributed by atoms with E-state index < -0.39 is 0 Å². The van der Waals surface area contributed by atoms with Gasteiger partial charge in [0.2, 0.25) is 0 Å². The first kappa shape index (κ1) is 20.1.